The summed E-state index contributed by atoms with van der Waals surface area (Å²) in [7, 11) is 0. The Morgan fingerprint density at radius 2 is 2.12 bits per heavy atom. The maximum atomic E-state index is 13.2. The third-order valence-corrected chi connectivity index (χ3v) is 2.69. The molecule has 2 rings (SSSR count). The van der Waals surface area contributed by atoms with Crippen molar-refractivity contribution in [1.82, 2.24) is 5.32 Å². The van der Waals surface area contributed by atoms with Crippen LogP contribution < -0.4 is 10.2 Å². The molecule has 1 aliphatic rings. The molecule has 1 atom stereocenters. The molecular weight excluding hydrogens is 247 g/mol. The first-order chi connectivity index (χ1) is 7.97. The Kier molecular flexibility index (Phi) is 3.02. The summed E-state index contributed by atoms with van der Waals surface area (Å²) in [5.41, 5.74) is 0.293. The normalized spacial score (nSPS) is 20.4. The summed E-state index contributed by atoms with van der Waals surface area (Å²) in [6.45, 7) is 1.45. The first-order valence-corrected chi connectivity index (χ1v) is 5.42. The van der Waals surface area contributed by atoms with Crippen molar-refractivity contribution in [1.29, 1.82) is 0 Å². The molecule has 1 aliphatic heterocycles. The maximum Gasteiger partial charge on any atom is 0.249 e. The van der Waals surface area contributed by atoms with E-state index in [1.807, 2.05) is 0 Å². The van der Waals surface area contributed by atoms with Crippen LogP contribution in [0.1, 0.15) is 6.92 Å². The SMILES string of the molecule is CC1NC(=O)CN(c2cc(F)cc(Cl)c2)C1=O. The molecule has 2 amide bonds. The smallest absolute Gasteiger partial charge is 0.249 e. The molecular formula is C11H10ClFN2O2. The minimum atomic E-state index is -0.613. The van der Waals surface area contributed by atoms with Crippen LogP contribution in [0.15, 0.2) is 18.2 Å². The minimum Gasteiger partial charge on any atom is -0.343 e. The van der Waals surface area contributed by atoms with Gasteiger partial charge < -0.3 is 10.2 Å². The van der Waals surface area contributed by atoms with E-state index in [0.717, 1.165) is 6.07 Å². The molecule has 4 nitrogen and oxygen atoms in total. The standard InChI is InChI=1S/C11H10ClFN2O2/c1-6-11(17)15(5-10(16)14-6)9-3-7(12)2-8(13)4-9/h2-4,6H,5H2,1H3,(H,14,16). The van der Waals surface area contributed by atoms with Crippen molar-refractivity contribution in [2.45, 2.75) is 13.0 Å². The van der Waals surface area contributed by atoms with Crippen LogP contribution in [-0.2, 0) is 9.59 Å². The number of piperazine rings is 1. The highest BCUT2D eigenvalue weighted by Crippen LogP contribution is 2.23. The van der Waals surface area contributed by atoms with Crippen LogP contribution in [0.25, 0.3) is 0 Å². The fourth-order valence-corrected chi connectivity index (χ4v) is 1.93. The van der Waals surface area contributed by atoms with E-state index < -0.39 is 11.9 Å². The van der Waals surface area contributed by atoms with Gasteiger partial charge in [-0.25, -0.2) is 4.39 Å². The van der Waals surface area contributed by atoms with Gasteiger partial charge in [0.15, 0.2) is 0 Å². The maximum absolute atomic E-state index is 13.2. The van der Waals surface area contributed by atoms with Crippen molar-refractivity contribution in [2.24, 2.45) is 0 Å². The molecule has 0 aliphatic carbocycles. The van der Waals surface area contributed by atoms with E-state index in [2.05, 4.69) is 5.32 Å². The monoisotopic (exact) mass is 256 g/mol. The van der Waals surface area contributed by atoms with Gasteiger partial charge in [0.05, 0.1) is 0 Å². The second kappa shape index (κ2) is 4.33. The Bertz CT molecular complexity index is 472. The predicted octanol–water partition coefficient (Wildman–Crippen LogP) is 1.33. The lowest BCUT2D eigenvalue weighted by Crippen LogP contribution is -2.57. The average molecular weight is 257 g/mol. The van der Waals surface area contributed by atoms with Gasteiger partial charge in [0.1, 0.15) is 18.4 Å². The fourth-order valence-electron chi connectivity index (χ4n) is 1.72. The second-order valence-electron chi connectivity index (χ2n) is 3.84. The highest BCUT2D eigenvalue weighted by atomic mass is 35.5. The second-order valence-corrected chi connectivity index (χ2v) is 4.28. The molecule has 0 spiro atoms. The molecule has 1 unspecified atom stereocenters. The number of hydrogen-bond acceptors (Lipinski definition) is 2. The highest BCUT2D eigenvalue weighted by Gasteiger charge is 2.30. The summed E-state index contributed by atoms with van der Waals surface area (Å²) in [6.07, 6.45) is 0. The molecule has 1 aromatic rings. The van der Waals surface area contributed by atoms with Gasteiger partial charge in [-0.15, -0.1) is 0 Å². The van der Waals surface area contributed by atoms with E-state index in [1.165, 1.54) is 17.0 Å². The molecule has 0 aromatic heterocycles. The first-order valence-electron chi connectivity index (χ1n) is 5.04. The number of benzene rings is 1. The van der Waals surface area contributed by atoms with Gasteiger partial charge in [0.2, 0.25) is 11.8 Å². The quantitative estimate of drug-likeness (QED) is 0.824. The van der Waals surface area contributed by atoms with E-state index in [4.69, 9.17) is 11.6 Å². The molecule has 1 N–H and O–H groups in total. The molecule has 0 saturated carbocycles. The van der Waals surface area contributed by atoms with Gasteiger partial charge in [-0.3, -0.25) is 9.59 Å². The first kappa shape index (κ1) is 11.9. The molecule has 0 bridgehead atoms. The van der Waals surface area contributed by atoms with Crippen LogP contribution >= 0.6 is 11.6 Å². The van der Waals surface area contributed by atoms with Crippen LogP contribution in [0, 0.1) is 5.82 Å². The summed E-state index contributed by atoms with van der Waals surface area (Å²) in [5, 5.41) is 2.69. The van der Waals surface area contributed by atoms with E-state index in [9.17, 15) is 14.0 Å². The third kappa shape index (κ3) is 2.39. The minimum absolute atomic E-state index is 0.122. The lowest BCUT2D eigenvalue weighted by atomic mass is 10.2. The zero-order chi connectivity index (χ0) is 12.6. The van der Waals surface area contributed by atoms with Crippen LogP contribution in [0.5, 0.6) is 0 Å². The number of carbonyl (C=O) groups excluding carboxylic acids is 2. The highest BCUT2D eigenvalue weighted by molar-refractivity contribution is 6.31. The van der Waals surface area contributed by atoms with Crippen LogP contribution in [0.2, 0.25) is 5.02 Å². The molecule has 1 heterocycles. The summed E-state index contributed by atoms with van der Waals surface area (Å²) in [5.74, 6) is -1.11. The largest absolute Gasteiger partial charge is 0.343 e. The van der Waals surface area contributed by atoms with Crippen molar-refractivity contribution in [2.75, 3.05) is 11.4 Å². The zero-order valence-electron chi connectivity index (χ0n) is 9.04. The lowest BCUT2D eigenvalue weighted by Gasteiger charge is -2.30. The Balaban J connectivity index is 2.37. The topological polar surface area (TPSA) is 49.4 Å². The molecule has 90 valence electrons. The summed E-state index contributed by atoms with van der Waals surface area (Å²) in [6, 6.07) is 3.16. The Morgan fingerprint density at radius 1 is 1.41 bits per heavy atom. The summed E-state index contributed by atoms with van der Waals surface area (Å²) >= 11 is 5.71. The number of amides is 2. The molecule has 1 fully saturated rings. The van der Waals surface area contributed by atoms with Crippen molar-refractivity contribution in [3.05, 3.63) is 29.0 Å². The number of hydrogen-bond donors (Lipinski definition) is 1. The van der Waals surface area contributed by atoms with Crippen LogP contribution in [0.4, 0.5) is 10.1 Å². The Hall–Kier alpha value is -1.62. The lowest BCUT2D eigenvalue weighted by molar-refractivity contribution is -0.130. The summed E-state index contributed by atoms with van der Waals surface area (Å²) in [4.78, 5) is 24.4. The van der Waals surface area contributed by atoms with Gasteiger partial charge in [0.25, 0.3) is 0 Å². The summed E-state index contributed by atoms with van der Waals surface area (Å²) < 4.78 is 13.2. The number of anilines is 1. The Labute approximate surface area is 102 Å². The van der Waals surface area contributed by atoms with Gasteiger partial charge in [0, 0.05) is 10.7 Å². The van der Waals surface area contributed by atoms with Crippen molar-refractivity contribution < 1.29 is 14.0 Å². The average Bonchev–Trinajstić information content (AvgIpc) is 2.22. The van der Waals surface area contributed by atoms with Crippen molar-refractivity contribution in [3.8, 4) is 0 Å². The molecule has 0 radical (unpaired) electrons. The number of rotatable bonds is 1. The molecule has 1 aromatic carbocycles. The van der Waals surface area contributed by atoms with Crippen LogP contribution in [0.3, 0.4) is 0 Å². The zero-order valence-corrected chi connectivity index (χ0v) is 9.79. The molecule has 17 heavy (non-hydrogen) atoms. The number of carbonyl (C=O) groups is 2. The van der Waals surface area contributed by atoms with Gasteiger partial charge in [-0.2, -0.15) is 0 Å². The van der Waals surface area contributed by atoms with Gasteiger partial charge in [-0.1, -0.05) is 11.6 Å². The van der Waals surface area contributed by atoms with Gasteiger partial charge in [-0.05, 0) is 25.1 Å². The third-order valence-electron chi connectivity index (χ3n) is 2.47. The van der Waals surface area contributed by atoms with E-state index in [0.29, 0.717) is 5.69 Å². The van der Waals surface area contributed by atoms with Crippen LogP contribution in [-0.4, -0.2) is 24.4 Å². The number of nitrogens with one attached hydrogen (secondary N) is 1. The predicted molar refractivity (Wildman–Crippen MR) is 61.4 cm³/mol. The Morgan fingerprint density at radius 3 is 2.76 bits per heavy atom. The number of nitrogens with zero attached hydrogens (tertiary/aromatic N) is 1. The fraction of sp³-hybridized carbons (Fsp3) is 0.273. The van der Waals surface area contributed by atoms with E-state index in [-0.39, 0.29) is 23.4 Å². The van der Waals surface area contributed by atoms with Gasteiger partial charge >= 0.3 is 0 Å². The molecule has 6 heteroatoms. The van der Waals surface area contributed by atoms with Crippen molar-refractivity contribution >= 4 is 29.1 Å². The van der Waals surface area contributed by atoms with Crippen molar-refractivity contribution in [3.63, 3.8) is 0 Å². The molecule has 1 saturated heterocycles. The van der Waals surface area contributed by atoms with E-state index in [1.54, 1.807) is 6.92 Å². The number of halogens is 2. The van der Waals surface area contributed by atoms with E-state index >= 15 is 0 Å².